The number of thiophene rings is 1. The molecule has 9 heteroatoms. The zero-order valence-electron chi connectivity index (χ0n) is 18.0. The van der Waals surface area contributed by atoms with Gasteiger partial charge in [-0.15, -0.1) is 11.3 Å². The number of ether oxygens (including phenoxy) is 1. The van der Waals surface area contributed by atoms with Crippen LogP contribution in [0.15, 0.2) is 24.3 Å². The van der Waals surface area contributed by atoms with Crippen LogP contribution in [0.5, 0.6) is 0 Å². The van der Waals surface area contributed by atoms with E-state index in [1.54, 1.807) is 52.0 Å². The zero-order valence-corrected chi connectivity index (χ0v) is 19.6. The number of nitrogens with one attached hydrogen (secondary N) is 2. The van der Waals surface area contributed by atoms with Gasteiger partial charge in [0.25, 0.3) is 0 Å². The monoisotopic (exact) mass is 464 g/mol. The molecule has 0 aliphatic carbocycles. The number of carbonyl (C=O) groups is 4. The Labute approximate surface area is 190 Å². The average molecular weight is 465 g/mol. The van der Waals surface area contributed by atoms with Crippen LogP contribution in [-0.4, -0.2) is 35.7 Å². The van der Waals surface area contributed by atoms with Crippen molar-refractivity contribution in [3.63, 3.8) is 0 Å². The van der Waals surface area contributed by atoms with Crippen LogP contribution in [0.1, 0.15) is 53.6 Å². The number of rotatable bonds is 8. The minimum Gasteiger partial charge on any atom is -0.460 e. The Bertz CT molecular complexity index is 1010. The van der Waals surface area contributed by atoms with Crippen molar-refractivity contribution in [2.75, 3.05) is 5.32 Å². The zero-order chi connectivity index (χ0) is 23.3. The van der Waals surface area contributed by atoms with Gasteiger partial charge < -0.3 is 15.4 Å². The van der Waals surface area contributed by atoms with E-state index in [0.29, 0.717) is 27.6 Å². The van der Waals surface area contributed by atoms with Crippen LogP contribution < -0.4 is 10.6 Å². The predicted octanol–water partition coefficient (Wildman–Crippen LogP) is 4.03. The first-order valence-electron chi connectivity index (χ1n) is 9.55. The first-order valence-corrected chi connectivity index (χ1v) is 10.7. The van der Waals surface area contributed by atoms with Crippen molar-refractivity contribution in [3.05, 3.63) is 50.9 Å². The average Bonchev–Trinajstić information content (AvgIpc) is 2.92. The molecule has 166 valence electrons. The van der Waals surface area contributed by atoms with Crippen LogP contribution in [0.25, 0.3) is 0 Å². The van der Waals surface area contributed by atoms with Crippen molar-refractivity contribution in [2.45, 2.75) is 52.7 Å². The van der Waals surface area contributed by atoms with Gasteiger partial charge in [0, 0.05) is 15.5 Å². The number of anilines is 1. The summed E-state index contributed by atoms with van der Waals surface area (Å²) in [7, 11) is 0. The lowest BCUT2D eigenvalue weighted by Gasteiger charge is -2.21. The number of amides is 2. The number of aryl methyl sites for hydroxylation is 1. The maximum absolute atomic E-state index is 13.1. The minimum absolute atomic E-state index is 0.285. The maximum Gasteiger partial charge on any atom is 0.308 e. The Morgan fingerprint density at radius 2 is 1.90 bits per heavy atom. The predicted molar refractivity (Wildman–Crippen MR) is 121 cm³/mol. The summed E-state index contributed by atoms with van der Waals surface area (Å²) in [5.41, 5.74) is 0.746. The summed E-state index contributed by atoms with van der Waals surface area (Å²) in [6, 6.07) is 5.39. The molecule has 2 rings (SSSR count). The highest BCUT2D eigenvalue weighted by Crippen LogP contribution is 2.34. The molecule has 0 spiro atoms. The summed E-state index contributed by atoms with van der Waals surface area (Å²) in [6.45, 7) is 8.75. The standard InChI is InChI=1S/C22H25ClN2O5S/c1-12-13(2)31-21(18(12)19(28)14-7-6-8-15(23)9-14)25-20(29)16(24-11-26)10-17(27)30-22(3,4)5/h6-9,11,16H,10H2,1-5H3,(H,24,26)(H,25,29). The molecule has 2 N–H and O–H groups in total. The van der Waals surface area contributed by atoms with Gasteiger partial charge in [-0.1, -0.05) is 23.7 Å². The smallest absolute Gasteiger partial charge is 0.308 e. The van der Waals surface area contributed by atoms with Gasteiger partial charge in [-0.05, 0) is 52.3 Å². The molecule has 0 aliphatic rings. The number of hydrogen-bond donors (Lipinski definition) is 2. The molecule has 0 saturated carbocycles. The van der Waals surface area contributed by atoms with Crippen molar-refractivity contribution in [2.24, 2.45) is 0 Å². The molecular weight excluding hydrogens is 440 g/mol. The van der Waals surface area contributed by atoms with Gasteiger partial charge >= 0.3 is 5.97 Å². The van der Waals surface area contributed by atoms with Crippen LogP contribution in [-0.2, 0) is 19.1 Å². The van der Waals surface area contributed by atoms with E-state index in [4.69, 9.17) is 16.3 Å². The second kappa shape index (κ2) is 10.1. The summed E-state index contributed by atoms with van der Waals surface area (Å²) >= 11 is 7.25. The highest BCUT2D eigenvalue weighted by atomic mass is 35.5. The number of benzene rings is 1. The molecule has 1 aromatic heterocycles. The van der Waals surface area contributed by atoms with Gasteiger partial charge in [0.2, 0.25) is 12.3 Å². The van der Waals surface area contributed by atoms with Crippen LogP contribution in [0.4, 0.5) is 5.00 Å². The lowest BCUT2D eigenvalue weighted by molar-refractivity contribution is -0.156. The third-order valence-corrected chi connectivity index (χ3v) is 5.67. The Balaban J connectivity index is 2.29. The largest absolute Gasteiger partial charge is 0.460 e. The van der Waals surface area contributed by atoms with Crippen LogP contribution in [0, 0.1) is 13.8 Å². The Morgan fingerprint density at radius 1 is 1.23 bits per heavy atom. The molecule has 31 heavy (non-hydrogen) atoms. The van der Waals surface area contributed by atoms with Crippen LogP contribution in [0.3, 0.4) is 0 Å². The van der Waals surface area contributed by atoms with Gasteiger partial charge in [-0.2, -0.15) is 0 Å². The summed E-state index contributed by atoms with van der Waals surface area (Å²) in [5.74, 6) is -1.54. The Hall–Kier alpha value is -2.71. The second-order valence-electron chi connectivity index (χ2n) is 7.94. The summed E-state index contributed by atoms with van der Waals surface area (Å²) < 4.78 is 5.23. The van der Waals surface area contributed by atoms with E-state index in [2.05, 4.69) is 10.6 Å². The quantitative estimate of drug-likeness (QED) is 0.349. The van der Waals surface area contributed by atoms with Gasteiger partial charge in [-0.3, -0.25) is 19.2 Å². The molecule has 1 atom stereocenters. The maximum atomic E-state index is 13.1. The molecule has 0 aliphatic heterocycles. The Kier molecular flexibility index (Phi) is 7.97. The number of ketones is 1. The third kappa shape index (κ3) is 6.63. The van der Waals surface area contributed by atoms with Gasteiger partial charge in [-0.25, -0.2) is 0 Å². The third-order valence-electron chi connectivity index (χ3n) is 4.31. The van der Waals surface area contributed by atoms with E-state index in [9.17, 15) is 19.2 Å². The molecule has 0 bridgehead atoms. The van der Waals surface area contributed by atoms with Crippen LogP contribution >= 0.6 is 22.9 Å². The van der Waals surface area contributed by atoms with Gasteiger partial charge in [0.15, 0.2) is 5.78 Å². The summed E-state index contributed by atoms with van der Waals surface area (Å²) in [5, 5.41) is 5.79. The number of halogens is 1. The number of hydrogen-bond acceptors (Lipinski definition) is 6. The van der Waals surface area contributed by atoms with Crippen molar-refractivity contribution in [1.29, 1.82) is 0 Å². The van der Waals surface area contributed by atoms with Gasteiger partial charge in [0.1, 0.15) is 16.6 Å². The fourth-order valence-electron chi connectivity index (χ4n) is 2.82. The van der Waals surface area contributed by atoms with E-state index in [-0.39, 0.29) is 12.2 Å². The lowest BCUT2D eigenvalue weighted by atomic mass is 10.0. The van der Waals surface area contributed by atoms with Crippen molar-refractivity contribution < 1.29 is 23.9 Å². The SMILES string of the molecule is Cc1sc(NC(=O)C(CC(=O)OC(C)(C)C)NC=O)c(C(=O)c2cccc(Cl)c2)c1C. The fraction of sp³-hybridized carbons (Fsp3) is 0.364. The van der Waals surface area contributed by atoms with Crippen molar-refractivity contribution >= 4 is 52.0 Å². The van der Waals surface area contributed by atoms with E-state index < -0.39 is 23.5 Å². The topological polar surface area (TPSA) is 102 Å². The highest BCUT2D eigenvalue weighted by Gasteiger charge is 2.28. The summed E-state index contributed by atoms with van der Waals surface area (Å²) in [6.07, 6.45) is 0.000323. The molecule has 2 aromatic rings. The van der Waals surface area contributed by atoms with E-state index >= 15 is 0 Å². The molecule has 1 heterocycles. The lowest BCUT2D eigenvalue weighted by Crippen LogP contribution is -2.42. The fourth-order valence-corrected chi connectivity index (χ4v) is 4.07. The van der Waals surface area contributed by atoms with Gasteiger partial charge in [0.05, 0.1) is 12.0 Å². The molecule has 1 aromatic carbocycles. The highest BCUT2D eigenvalue weighted by molar-refractivity contribution is 7.16. The van der Waals surface area contributed by atoms with Crippen molar-refractivity contribution in [3.8, 4) is 0 Å². The second-order valence-corrected chi connectivity index (χ2v) is 9.60. The van der Waals surface area contributed by atoms with E-state index in [1.165, 1.54) is 11.3 Å². The molecule has 2 amide bonds. The first kappa shape index (κ1) is 24.6. The minimum atomic E-state index is -1.15. The molecule has 1 unspecified atom stereocenters. The molecule has 0 saturated heterocycles. The molecule has 0 radical (unpaired) electrons. The number of carbonyl (C=O) groups excluding carboxylic acids is 4. The molecule has 0 fully saturated rings. The molecule has 7 nitrogen and oxygen atoms in total. The number of esters is 1. The molecular formula is C22H25ClN2O5S. The Morgan fingerprint density at radius 3 is 2.48 bits per heavy atom. The first-order chi connectivity index (χ1) is 14.4. The van der Waals surface area contributed by atoms with E-state index in [1.807, 2.05) is 6.92 Å². The van der Waals surface area contributed by atoms with E-state index in [0.717, 1.165) is 10.4 Å². The normalized spacial score (nSPS) is 12.1. The van der Waals surface area contributed by atoms with Crippen molar-refractivity contribution in [1.82, 2.24) is 5.32 Å². The van der Waals surface area contributed by atoms with Crippen LogP contribution in [0.2, 0.25) is 5.02 Å². The summed E-state index contributed by atoms with van der Waals surface area (Å²) in [4.78, 5) is 49.9.